The molecule has 0 saturated carbocycles. The van der Waals surface area contributed by atoms with Crippen molar-refractivity contribution in [3.05, 3.63) is 0 Å². The summed E-state index contributed by atoms with van der Waals surface area (Å²) in [6.07, 6.45) is 0.914. The van der Waals surface area contributed by atoms with Gasteiger partial charge >= 0.3 is 22.8 Å². The molecule has 2 atom stereocenters. The third kappa shape index (κ3) is 16.3. The highest BCUT2D eigenvalue weighted by Crippen LogP contribution is 2.49. The Balaban J connectivity index is 2.27. The van der Waals surface area contributed by atoms with Crippen molar-refractivity contribution in [2.45, 2.75) is 41.5 Å². The number of nitrogens with zero attached hydrogens (tertiary/aromatic N) is 5. The van der Waals surface area contributed by atoms with E-state index in [2.05, 4.69) is 24.5 Å². The van der Waals surface area contributed by atoms with Crippen LogP contribution in [0.15, 0.2) is 0 Å². The molecule has 0 spiro atoms. The van der Waals surface area contributed by atoms with Crippen LogP contribution >= 0.6 is 22.8 Å². The molecule has 2 aliphatic rings. The summed E-state index contributed by atoms with van der Waals surface area (Å²) in [5.41, 5.74) is 0. The van der Waals surface area contributed by atoms with Gasteiger partial charge in [0.1, 0.15) is 6.29 Å². The Kier molecular flexibility index (Phi) is 21.1. The van der Waals surface area contributed by atoms with E-state index < -0.39 is 22.8 Å². The Bertz CT molecular complexity index is 881. The quantitative estimate of drug-likeness (QED) is 0.166. The molecule has 0 aliphatic carbocycles. The molecule has 2 rings (SSSR count). The molecule has 14 nitrogen and oxygen atoms in total. The largest absolute Gasteiger partial charge is 0.344 e. The number of hydrogen-bond donors (Lipinski definition) is 0. The molecule has 0 aromatic carbocycles. The van der Waals surface area contributed by atoms with Crippen LogP contribution in [0.25, 0.3) is 0 Å². The van der Waals surface area contributed by atoms with Gasteiger partial charge in [-0.2, -0.15) is 0 Å². The number of hydrogen-bond acceptors (Lipinski definition) is 14. The van der Waals surface area contributed by atoms with Crippen LogP contribution in [0.3, 0.4) is 0 Å². The highest BCUT2D eigenvalue weighted by Gasteiger charge is 2.30. The van der Waals surface area contributed by atoms with Crippen molar-refractivity contribution >= 4 is 22.8 Å². The number of fused-ring (bicyclic) bond motifs is 3. The molecular weight excluding hydrogens is 655 g/mol. The van der Waals surface area contributed by atoms with Gasteiger partial charge in [0, 0.05) is 91.6 Å². The van der Waals surface area contributed by atoms with E-state index in [-0.39, 0.29) is 6.29 Å². The van der Waals surface area contributed by atoms with Crippen LogP contribution in [0, 0.1) is 0 Å². The molecule has 0 aromatic rings. The van der Waals surface area contributed by atoms with Crippen molar-refractivity contribution in [2.75, 3.05) is 150 Å². The highest BCUT2D eigenvalue weighted by molar-refractivity contribution is 7.54. The van der Waals surface area contributed by atoms with E-state index in [0.717, 1.165) is 78.5 Å². The second-order valence-electron chi connectivity index (χ2n) is 11.4. The average Bonchev–Trinajstić information content (AvgIpc) is 3.08. The first-order chi connectivity index (χ1) is 22.0. The zero-order valence-corrected chi connectivity index (χ0v) is 32.2. The van der Waals surface area contributed by atoms with Crippen LogP contribution in [0.5, 0.6) is 0 Å². The molecule has 17 heteroatoms. The lowest BCUT2D eigenvalue weighted by Gasteiger charge is -2.34. The van der Waals surface area contributed by atoms with Crippen molar-refractivity contribution in [3.8, 4) is 0 Å². The Morgan fingerprint density at radius 1 is 0.391 bits per heavy atom. The summed E-state index contributed by atoms with van der Waals surface area (Å²) >= 11 is 0. The first-order valence-corrected chi connectivity index (χ1v) is 22.5. The van der Waals surface area contributed by atoms with E-state index in [9.17, 15) is 13.7 Å². The predicted molar refractivity (Wildman–Crippen MR) is 185 cm³/mol. The van der Waals surface area contributed by atoms with Crippen molar-refractivity contribution in [3.63, 3.8) is 0 Å². The van der Waals surface area contributed by atoms with Gasteiger partial charge in [-0.1, -0.05) is 0 Å². The monoisotopic (exact) mass is 719 g/mol. The molecule has 2 heterocycles. The lowest BCUT2D eigenvalue weighted by molar-refractivity contribution is 0.141. The van der Waals surface area contributed by atoms with Crippen LogP contribution in [-0.4, -0.2) is 174 Å². The van der Waals surface area contributed by atoms with E-state index in [1.807, 2.05) is 41.5 Å². The summed E-state index contributed by atoms with van der Waals surface area (Å²) in [7, 11) is -9.60. The SMILES string of the molecule is CCOP(=O)(CCN1CCN2CCN(CCN(CCP(=O)(OCC)OCC)CC1)CCN(CP(=O)(OCC)OCC)CC2)OCC. The fraction of sp³-hybridized carbons (Fsp3) is 1.00. The zero-order valence-electron chi connectivity index (χ0n) is 29.5. The second-order valence-corrected chi connectivity index (χ2v) is 17.8. The van der Waals surface area contributed by atoms with Gasteiger partial charge in [0.2, 0.25) is 0 Å². The van der Waals surface area contributed by atoms with Crippen LogP contribution < -0.4 is 0 Å². The van der Waals surface area contributed by atoms with Gasteiger partial charge in [-0.15, -0.1) is 0 Å². The molecule has 0 amide bonds. The standard InChI is InChI=1S/C29H64N5O9P3/c1-7-38-44(35,39-8-2)27-25-32-17-15-30-13-14-31(22-24-34(23-21-30)29-46(37,42-11-5)43-12-6)16-18-33(20-19-32)26-28-45(36,40-9-3)41-10-4/h7-29H2,1-6H3. The lowest BCUT2D eigenvalue weighted by Crippen LogP contribution is -2.47. The van der Waals surface area contributed by atoms with Gasteiger partial charge in [0.25, 0.3) is 0 Å². The van der Waals surface area contributed by atoms with Crippen molar-refractivity contribution in [1.82, 2.24) is 24.5 Å². The molecule has 2 fully saturated rings. The van der Waals surface area contributed by atoms with E-state index in [4.69, 9.17) is 27.1 Å². The molecule has 46 heavy (non-hydrogen) atoms. The summed E-state index contributed by atoms with van der Waals surface area (Å²) in [5, 5.41) is 0. The van der Waals surface area contributed by atoms with Gasteiger partial charge in [0.15, 0.2) is 0 Å². The fourth-order valence-electron chi connectivity index (χ4n) is 5.70. The molecule has 2 bridgehead atoms. The highest BCUT2D eigenvalue weighted by atomic mass is 31.2. The zero-order chi connectivity index (χ0) is 33.9. The predicted octanol–water partition coefficient (Wildman–Crippen LogP) is 4.28. The van der Waals surface area contributed by atoms with Crippen molar-refractivity contribution in [1.29, 1.82) is 0 Å². The first-order valence-electron chi connectivity index (χ1n) is 17.3. The van der Waals surface area contributed by atoms with Crippen LogP contribution in [0.2, 0.25) is 0 Å². The summed E-state index contributed by atoms with van der Waals surface area (Å²) in [5.74, 6) is 0. The Labute approximate surface area is 279 Å². The van der Waals surface area contributed by atoms with E-state index in [1.54, 1.807) is 0 Å². The van der Waals surface area contributed by atoms with Gasteiger partial charge in [-0.3, -0.25) is 28.4 Å². The normalized spacial score (nSPS) is 22.6. The lowest BCUT2D eigenvalue weighted by atomic mass is 10.3. The Morgan fingerprint density at radius 3 is 0.978 bits per heavy atom. The maximum absolute atomic E-state index is 13.4. The van der Waals surface area contributed by atoms with Crippen molar-refractivity contribution < 1.29 is 40.8 Å². The number of rotatable bonds is 20. The molecule has 0 N–H and O–H groups in total. The van der Waals surface area contributed by atoms with Gasteiger partial charge in [-0.05, 0) is 41.5 Å². The van der Waals surface area contributed by atoms with Gasteiger partial charge in [0.05, 0.1) is 52.0 Å². The summed E-state index contributed by atoms with van der Waals surface area (Å²) in [4.78, 5) is 11.8. The molecule has 274 valence electrons. The average molecular weight is 720 g/mol. The van der Waals surface area contributed by atoms with E-state index in [0.29, 0.717) is 65.1 Å². The smallest absolute Gasteiger partial charge is 0.309 e. The van der Waals surface area contributed by atoms with Gasteiger partial charge < -0.3 is 36.9 Å². The summed E-state index contributed by atoms with van der Waals surface area (Å²) in [6, 6.07) is 0. The Hall–Kier alpha value is 0.250. The molecular formula is C29H64N5O9P3. The third-order valence-electron chi connectivity index (χ3n) is 8.10. The molecule has 0 radical (unpaired) electrons. The first kappa shape index (κ1) is 42.4. The maximum Gasteiger partial charge on any atom is 0.344 e. The van der Waals surface area contributed by atoms with Crippen LogP contribution in [-0.2, 0) is 40.8 Å². The van der Waals surface area contributed by atoms with E-state index >= 15 is 0 Å². The molecule has 2 saturated heterocycles. The van der Waals surface area contributed by atoms with Crippen LogP contribution in [0.1, 0.15) is 41.5 Å². The third-order valence-corrected chi connectivity index (χ3v) is 14.3. The minimum atomic E-state index is -3.23. The fourth-order valence-corrected chi connectivity index (χ4v) is 10.8. The molecule has 2 unspecified atom stereocenters. The maximum atomic E-state index is 13.4. The summed E-state index contributed by atoms with van der Waals surface area (Å²) in [6.45, 7) is 24.0. The minimum absolute atomic E-state index is 0.267. The van der Waals surface area contributed by atoms with E-state index in [1.165, 1.54) is 0 Å². The second kappa shape index (κ2) is 22.9. The minimum Gasteiger partial charge on any atom is -0.309 e. The molecule has 2 aliphatic heterocycles. The van der Waals surface area contributed by atoms with Gasteiger partial charge in [-0.25, -0.2) is 0 Å². The Morgan fingerprint density at radius 2 is 0.652 bits per heavy atom. The topological polar surface area (TPSA) is 123 Å². The van der Waals surface area contributed by atoms with Crippen LogP contribution in [0.4, 0.5) is 0 Å². The molecule has 0 aromatic heterocycles. The van der Waals surface area contributed by atoms with Crippen molar-refractivity contribution in [2.24, 2.45) is 0 Å². The summed E-state index contributed by atoms with van der Waals surface area (Å²) < 4.78 is 73.7.